The number of hydrogen-bond donors (Lipinski definition) is 3. The van der Waals surface area contributed by atoms with Crippen molar-refractivity contribution in [1.29, 1.82) is 0 Å². The first kappa shape index (κ1) is 12.4. The Kier molecular flexibility index (Phi) is 3.66. The summed E-state index contributed by atoms with van der Waals surface area (Å²) >= 11 is 0. The molecule has 0 bridgehead atoms. The minimum Gasteiger partial charge on any atom is -0.481 e. The molecule has 0 heterocycles. The quantitative estimate of drug-likeness (QED) is 0.504. The van der Waals surface area contributed by atoms with Crippen molar-refractivity contribution in [3.8, 4) is 0 Å². The van der Waals surface area contributed by atoms with Gasteiger partial charge in [-0.1, -0.05) is 25.7 Å². The zero-order chi connectivity index (χ0) is 12.4. The summed E-state index contributed by atoms with van der Waals surface area (Å²) in [6.45, 7) is 0. The first-order valence-electron chi connectivity index (χ1n) is 6.32. The third-order valence-corrected chi connectivity index (χ3v) is 4.42. The Balaban J connectivity index is 2.21. The minimum absolute atomic E-state index is 0.0952. The van der Waals surface area contributed by atoms with Crippen molar-refractivity contribution in [2.75, 3.05) is 0 Å². The molecule has 5 heteroatoms. The summed E-state index contributed by atoms with van der Waals surface area (Å²) < 4.78 is 0. The highest BCUT2D eigenvalue weighted by molar-refractivity contribution is 5.79. The highest BCUT2D eigenvalue weighted by Crippen LogP contribution is 2.47. The predicted octanol–water partition coefficient (Wildman–Crippen LogP) is 1.41. The minimum atomic E-state index is -0.794. The topological polar surface area (TPSA) is 86.6 Å². The second kappa shape index (κ2) is 5.04. The van der Waals surface area contributed by atoms with E-state index in [1.54, 1.807) is 5.48 Å². The van der Waals surface area contributed by atoms with Gasteiger partial charge < -0.3 is 5.11 Å². The second-order valence-electron chi connectivity index (χ2n) is 5.23. The Morgan fingerprint density at radius 3 is 2.12 bits per heavy atom. The lowest BCUT2D eigenvalue weighted by Gasteiger charge is -2.43. The van der Waals surface area contributed by atoms with Crippen LogP contribution >= 0.6 is 0 Å². The summed E-state index contributed by atoms with van der Waals surface area (Å²) in [5, 5.41) is 18.0. The van der Waals surface area contributed by atoms with Crippen molar-refractivity contribution >= 4 is 11.9 Å². The third kappa shape index (κ3) is 2.29. The van der Waals surface area contributed by atoms with Gasteiger partial charge in [0, 0.05) is 5.92 Å². The fraction of sp³-hybridized carbons (Fsp3) is 0.833. The van der Waals surface area contributed by atoms with Crippen molar-refractivity contribution in [3.63, 3.8) is 0 Å². The summed E-state index contributed by atoms with van der Waals surface area (Å²) in [6, 6.07) is 0. The van der Waals surface area contributed by atoms with Gasteiger partial charge in [-0.25, -0.2) is 5.48 Å². The van der Waals surface area contributed by atoms with E-state index in [1.807, 2.05) is 0 Å². The first-order valence-corrected chi connectivity index (χ1v) is 6.32. The van der Waals surface area contributed by atoms with E-state index in [2.05, 4.69) is 0 Å². The fourth-order valence-corrected chi connectivity index (χ4v) is 3.73. The van der Waals surface area contributed by atoms with Crippen LogP contribution in [0.25, 0.3) is 0 Å². The maximum Gasteiger partial charge on any atom is 0.306 e. The van der Waals surface area contributed by atoms with Crippen LogP contribution in [0.4, 0.5) is 0 Å². The lowest BCUT2D eigenvalue weighted by atomic mass is 9.60. The van der Waals surface area contributed by atoms with E-state index in [0.29, 0.717) is 18.8 Å². The molecule has 0 aromatic heterocycles. The molecule has 96 valence electrons. The molecule has 17 heavy (non-hydrogen) atoms. The summed E-state index contributed by atoms with van der Waals surface area (Å²) in [7, 11) is 0. The predicted molar refractivity (Wildman–Crippen MR) is 59.2 cm³/mol. The number of hydrogen-bond acceptors (Lipinski definition) is 3. The maximum absolute atomic E-state index is 11.6. The van der Waals surface area contributed by atoms with Gasteiger partial charge in [-0.3, -0.25) is 14.8 Å². The van der Waals surface area contributed by atoms with Gasteiger partial charge in [0.2, 0.25) is 5.91 Å². The van der Waals surface area contributed by atoms with Crippen LogP contribution in [0.3, 0.4) is 0 Å². The van der Waals surface area contributed by atoms with Gasteiger partial charge in [0.25, 0.3) is 0 Å². The van der Waals surface area contributed by atoms with Crippen LogP contribution in [0.15, 0.2) is 0 Å². The lowest BCUT2D eigenvalue weighted by Crippen LogP contribution is -2.46. The van der Waals surface area contributed by atoms with Gasteiger partial charge in [0.05, 0.1) is 5.92 Å². The lowest BCUT2D eigenvalue weighted by molar-refractivity contribution is -0.152. The number of rotatable bonds is 2. The molecule has 4 atom stereocenters. The molecule has 2 fully saturated rings. The number of carbonyl (C=O) groups is 2. The Bertz CT molecular complexity index is 316. The van der Waals surface area contributed by atoms with Crippen LogP contribution < -0.4 is 5.48 Å². The van der Waals surface area contributed by atoms with Crippen molar-refractivity contribution in [2.45, 2.75) is 38.5 Å². The molecule has 2 aliphatic carbocycles. The van der Waals surface area contributed by atoms with Crippen molar-refractivity contribution in [2.24, 2.45) is 23.7 Å². The summed E-state index contributed by atoms with van der Waals surface area (Å²) in [5.41, 5.74) is 1.70. The molecule has 2 rings (SSSR count). The normalized spacial score (nSPS) is 37.0. The van der Waals surface area contributed by atoms with Crippen LogP contribution in [0, 0.1) is 23.7 Å². The van der Waals surface area contributed by atoms with Gasteiger partial charge in [-0.2, -0.15) is 0 Å². The number of carboxylic acid groups (broad SMARTS) is 1. The molecule has 0 radical (unpaired) electrons. The first-order chi connectivity index (χ1) is 8.15. The van der Waals surface area contributed by atoms with Gasteiger partial charge in [0.1, 0.15) is 0 Å². The summed E-state index contributed by atoms with van der Waals surface area (Å²) in [5.74, 6) is -1.72. The van der Waals surface area contributed by atoms with E-state index >= 15 is 0 Å². The van der Waals surface area contributed by atoms with Crippen LogP contribution in [0.2, 0.25) is 0 Å². The van der Waals surface area contributed by atoms with Crippen LogP contribution in [0.1, 0.15) is 38.5 Å². The number of carboxylic acids is 1. The number of hydroxylamine groups is 1. The summed E-state index contributed by atoms with van der Waals surface area (Å²) in [4.78, 5) is 22.9. The Labute approximate surface area is 100 Å². The van der Waals surface area contributed by atoms with Gasteiger partial charge >= 0.3 is 5.97 Å². The van der Waals surface area contributed by atoms with Gasteiger partial charge in [-0.05, 0) is 24.7 Å². The largest absolute Gasteiger partial charge is 0.481 e. The standard InChI is InChI=1S/C12H19NO4/c14-11(13-17)8-5-1-3-7-4-2-6-9(10(7)8)12(15)16/h7-10,17H,1-6H2,(H,13,14)(H,15,16). The molecule has 5 nitrogen and oxygen atoms in total. The molecule has 0 spiro atoms. The summed E-state index contributed by atoms with van der Waals surface area (Å²) in [6.07, 6.45) is 5.27. The molecule has 1 amide bonds. The molecule has 3 N–H and O–H groups in total. The highest BCUT2D eigenvalue weighted by Gasteiger charge is 2.46. The van der Waals surface area contributed by atoms with E-state index in [0.717, 1.165) is 25.7 Å². The maximum atomic E-state index is 11.6. The molecule has 2 aliphatic rings. The van der Waals surface area contributed by atoms with E-state index in [-0.39, 0.29) is 11.8 Å². The molecular weight excluding hydrogens is 222 g/mol. The van der Waals surface area contributed by atoms with E-state index in [4.69, 9.17) is 5.21 Å². The third-order valence-electron chi connectivity index (χ3n) is 4.42. The fourth-order valence-electron chi connectivity index (χ4n) is 3.73. The smallest absolute Gasteiger partial charge is 0.306 e. The average molecular weight is 241 g/mol. The van der Waals surface area contributed by atoms with Gasteiger partial charge in [-0.15, -0.1) is 0 Å². The number of aliphatic carboxylic acids is 1. The number of carbonyl (C=O) groups excluding carboxylic acids is 1. The van der Waals surface area contributed by atoms with Gasteiger partial charge in [0.15, 0.2) is 0 Å². The van der Waals surface area contributed by atoms with E-state index < -0.39 is 17.8 Å². The molecule has 0 aromatic rings. The Morgan fingerprint density at radius 1 is 1.00 bits per heavy atom. The van der Waals surface area contributed by atoms with Crippen molar-refractivity contribution < 1.29 is 19.9 Å². The van der Waals surface area contributed by atoms with E-state index in [1.165, 1.54) is 0 Å². The SMILES string of the molecule is O=C(O)C1CCCC2CCCC(C(=O)NO)C21. The van der Waals surface area contributed by atoms with Crippen LogP contribution in [0.5, 0.6) is 0 Å². The zero-order valence-electron chi connectivity index (χ0n) is 9.76. The average Bonchev–Trinajstić information content (AvgIpc) is 2.36. The number of nitrogens with one attached hydrogen (secondary N) is 1. The Hall–Kier alpha value is -1.10. The zero-order valence-corrected chi connectivity index (χ0v) is 9.76. The second-order valence-corrected chi connectivity index (χ2v) is 5.23. The molecule has 0 saturated heterocycles. The number of fused-ring (bicyclic) bond motifs is 1. The molecular formula is C12H19NO4. The monoisotopic (exact) mass is 241 g/mol. The van der Waals surface area contributed by atoms with Crippen molar-refractivity contribution in [3.05, 3.63) is 0 Å². The van der Waals surface area contributed by atoms with Crippen LogP contribution in [-0.4, -0.2) is 22.2 Å². The van der Waals surface area contributed by atoms with E-state index in [9.17, 15) is 14.7 Å². The highest BCUT2D eigenvalue weighted by atomic mass is 16.5. The van der Waals surface area contributed by atoms with Crippen molar-refractivity contribution in [1.82, 2.24) is 5.48 Å². The van der Waals surface area contributed by atoms with Crippen LogP contribution in [-0.2, 0) is 9.59 Å². The Morgan fingerprint density at radius 2 is 1.59 bits per heavy atom. The molecule has 2 saturated carbocycles. The molecule has 0 aromatic carbocycles. The molecule has 4 unspecified atom stereocenters. The number of amides is 1. The molecule has 0 aliphatic heterocycles.